The molecule has 3 rings (SSSR count). The number of ether oxygens (including phenoxy) is 2. The summed E-state index contributed by atoms with van der Waals surface area (Å²) >= 11 is 0. The molecule has 1 saturated heterocycles. The summed E-state index contributed by atoms with van der Waals surface area (Å²) in [6, 6.07) is 4.83. The third kappa shape index (κ3) is 2.30. The van der Waals surface area contributed by atoms with Crippen molar-refractivity contribution in [2.75, 3.05) is 27.8 Å². The van der Waals surface area contributed by atoms with Crippen LogP contribution in [0.25, 0.3) is 0 Å². The molecule has 1 heterocycles. The van der Waals surface area contributed by atoms with E-state index in [1.54, 1.807) is 20.3 Å². The van der Waals surface area contributed by atoms with E-state index in [0.29, 0.717) is 24.5 Å². The standard InChI is InChI=1S/C17H25NO3/c1-18-9-8-17(7-6-13(19)11-16(17)18)12-4-5-14(20-2)15(10-12)21-3/h4-5,10,13,16,19H,6-9,11H2,1-3H3/t13-,16-,17-/m0/s1/i6D2,11D2. The van der Waals surface area contributed by atoms with Crippen LogP contribution in [0.1, 0.15) is 36.6 Å². The first-order valence-corrected chi connectivity index (χ1v) is 7.21. The van der Waals surface area contributed by atoms with Crippen LogP contribution < -0.4 is 9.47 Å². The molecule has 116 valence electrons. The van der Waals surface area contributed by atoms with Gasteiger partial charge in [0.1, 0.15) is 0 Å². The van der Waals surface area contributed by atoms with Gasteiger partial charge in [-0.3, -0.25) is 0 Å². The van der Waals surface area contributed by atoms with Gasteiger partial charge < -0.3 is 19.5 Å². The van der Waals surface area contributed by atoms with Gasteiger partial charge >= 0.3 is 0 Å². The summed E-state index contributed by atoms with van der Waals surface area (Å²) in [5.74, 6) is 1.11. The zero-order valence-electron chi connectivity index (χ0n) is 16.7. The lowest BCUT2D eigenvalue weighted by Crippen LogP contribution is -2.47. The fraction of sp³-hybridized carbons (Fsp3) is 0.647. The van der Waals surface area contributed by atoms with Gasteiger partial charge in [0.2, 0.25) is 0 Å². The second-order valence-corrected chi connectivity index (χ2v) is 5.81. The Hall–Kier alpha value is -1.26. The number of methoxy groups -OCH3 is 2. The van der Waals surface area contributed by atoms with Crippen molar-refractivity contribution >= 4 is 0 Å². The van der Waals surface area contributed by atoms with E-state index in [4.69, 9.17) is 15.0 Å². The molecule has 0 unspecified atom stereocenters. The van der Waals surface area contributed by atoms with Crippen molar-refractivity contribution in [2.45, 2.75) is 43.1 Å². The van der Waals surface area contributed by atoms with Crippen LogP contribution in [-0.4, -0.2) is 50.0 Å². The Kier molecular flexibility index (Phi) is 2.74. The van der Waals surface area contributed by atoms with Crippen molar-refractivity contribution in [1.29, 1.82) is 0 Å². The summed E-state index contributed by atoms with van der Waals surface area (Å²) in [4.78, 5) is 1.90. The van der Waals surface area contributed by atoms with Crippen LogP contribution in [0.2, 0.25) is 0 Å². The van der Waals surface area contributed by atoms with Crippen molar-refractivity contribution in [1.82, 2.24) is 4.90 Å². The monoisotopic (exact) mass is 295 g/mol. The van der Waals surface area contributed by atoms with Gasteiger partial charge in [0.25, 0.3) is 0 Å². The van der Waals surface area contributed by atoms with Gasteiger partial charge in [0.05, 0.1) is 20.3 Å². The first kappa shape index (κ1) is 10.5. The van der Waals surface area contributed by atoms with Gasteiger partial charge in [-0.15, -0.1) is 0 Å². The van der Waals surface area contributed by atoms with Gasteiger partial charge in [-0.05, 0) is 56.9 Å². The number of hydrogen-bond donors (Lipinski definition) is 1. The summed E-state index contributed by atoms with van der Waals surface area (Å²) in [5, 5.41) is 10.4. The summed E-state index contributed by atoms with van der Waals surface area (Å²) in [5.41, 5.74) is 0.0831. The van der Waals surface area contributed by atoms with E-state index in [1.165, 1.54) is 0 Å². The highest BCUT2D eigenvalue weighted by atomic mass is 16.5. The van der Waals surface area contributed by atoms with E-state index in [-0.39, 0.29) is 6.42 Å². The molecule has 1 aromatic rings. The lowest BCUT2D eigenvalue weighted by atomic mass is 9.65. The van der Waals surface area contributed by atoms with Crippen molar-refractivity contribution in [2.24, 2.45) is 0 Å². The molecule has 2 aliphatic rings. The Balaban J connectivity index is 2.18. The van der Waals surface area contributed by atoms with E-state index in [1.807, 2.05) is 24.1 Å². The highest BCUT2D eigenvalue weighted by Gasteiger charge is 2.50. The van der Waals surface area contributed by atoms with Crippen LogP contribution in [-0.2, 0) is 5.41 Å². The van der Waals surface area contributed by atoms with Gasteiger partial charge in [-0.25, -0.2) is 0 Å². The summed E-state index contributed by atoms with van der Waals surface area (Å²) in [6.45, 7) is 0.640. The largest absolute Gasteiger partial charge is 0.493 e. The Morgan fingerprint density at radius 3 is 2.76 bits per heavy atom. The molecule has 0 aromatic heterocycles. The molecular formula is C17H25NO3. The molecular weight excluding hydrogens is 266 g/mol. The normalized spacial score (nSPS) is 40.4. The van der Waals surface area contributed by atoms with E-state index in [0.717, 1.165) is 5.56 Å². The maximum absolute atomic E-state index is 10.4. The molecule has 0 radical (unpaired) electrons. The molecule has 0 spiro atoms. The molecule has 0 bridgehead atoms. The SMILES string of the molecule is [2H]C1([2H])C[C@@]2(c3ccc(OC)c(OC)c3)CCN(C)[C@H]2C([2H])([2H])[C@H]1O. The zero-order chi connectivity index (χ0) is 18.6. The smallest absolute Gasteiger partial charge is 0.161 e. The number of benzene rings is 1. The van der Waals surface area contributed by atoms with Crippen LogP contribution in [0.15, 0.2) is 18.2 Å². The van der Waals surface area contributed by atoms with Crippen LogP contribution in [0, 0.1) is 0 Å². The Labute approximate surface area is 132 Å². The molecule has 1 N–H and O–H groups in total. The lowest BCUT2D eigenvalue weighted by molar-refractivity contribution is 0.0566. The Morgan fingerprint density at radius 2 is 2.05 bits per heavy atom. The summed E-state index contributed by atoms with van der Waals surface area (Å²) in [6.07, 6.45) is -5.07. The maximum Gasteiger partial charge on any atom is 0.161 e. The summed E-state index contributed by atoms with van der Waals surface area (Å²) in [7, 11) is 4.93. The van der Waals surface area contributed by atoms with Gasteiger partial charge in [0.15, 0.2) is 11.5 Å². The van der Waals surface area contributed by atoms with E-state index < -0.39 is 30.3 Å². The predicted octanol–water partition coefficient (Wildman–Crippen LogP) is 2.19. The number of rotatable bonds is 3. The number of likely N-dealkylation sites (N-methyl/N-ethyl adjacent to an activating group) is 1. The topological polar surface area (TPSA) is 41.9 Å². The number of hydrogen-bond acceptors (Lipinski definition) is 4. The molecule has 1 aliphatic heterocycles. The van der Waals surface area contributed by atoms with Crippen LogP contribution in [0.3, 0.4) is 0 Å². The summed E-state index contributed by atoms with van der Waals surface area (Å²) < 4.78 is 44.1. The molecule has 1 saturated carbocycles. The second-order valence-electron chi connectivity index (χ2n) is 5.81. The quantitative estimate of drug-likeness (QED) is 0.928. The number of aliphatic hydroxyl groups is 1. The minimum atomic E-state index is -2.07. The molecule has 1 aromatic carbocycles. The zero-order valence-corrected chi connectivity index (χ0v) is 12.7. The van der Waals surface area contributed by atoms with Crippen molar-refractivity contribution in [3.63, 3.8) is 0 Å². The van der Waals surface area contributed by atoms with Crippen molar-refractivity contribution in [3.8, 4) is 11.5 Å². The van der Waals surface area contributed by atoms with Crippen LogP contribution in [0.4, 0.5) is 0 Å². The van der Waals surface area contributed by atoms with E-state index in [2.05, 4.69) is 0 Å². The fourth-order valence-electron chi connectivity index (χ4n) is 3.57. The Morgan fingerprint density at radius 1 is 1.29 bits per heavy atom. The number of fused-ring (bicyclic) bond motifs is 1. The van der Waals surface area contributed by atoms with Crippen LogP contribution in [0.5, 0.6) is 11.5 Å². The molecule has 4 nitrogen and oxygen atoms in total. The van der Waals surface area contributed by atoms with Gasteiger partial charge in [-0.1, -0.05) is 6.07 Å². The lowest BCUT2D eigenvalue weighted by Gasteiger charge is -2.43. The van der Waals surface area contributed by atoms with Gasteiger partial charge in [-0.2, -0.15) is 0 Å². The Bertz CT molecular complexity index is 669. The fourth-order valence-corrected chi connectivity index (χ4v) is 3.57. The second kappa shape index (κ2) is 5.50. The van der Waals surface area contributed by atoms with Crippen LogP contribution >= 0.6 is 0 Å². The highest BCUT2D eigenvalue weighted by molar-refractivity contribution is 5.46. The van der Waals surface area contributed by atoms with E-state index >= 15 is 0 Å². The average molecular weight is 295 g/mol. The number of likely N-dealkylation sites (tertiary alicyclic amines) is 1. The highest BCUT2D eigenvalue weighted by Crippen LogP contribution is 2.49. The third-order valence-electron chi connectivity index (χ3n) is 4.76. The molecule has 21 heavy (non-hydrogen) atoms. The van der Waals surface area contributed by atoms with Crippen molar-refractivity contribution < 1.29 is 20.1 Å². The first-order valence-electron chi connectivity index (χ1n) is 9.21. The van der Waals surface area contributed by atoms with Gasteiger partial charge in [0, 0.05) is 16.9 Å². The van der Waals surface area contributed by atoms with Crippen molar-refractivity contribution in [3.05, 3.63) is 23.8 Å². The molecule has 0 amide bonds. The number of aliphatic hydroxyl groups excluding tert-OH is 1. The molecule has 1 aliphatic carbocycles. The first-order chi connectivity index (χ1) is 11.6. The third-order valence-corrected chi connectivity index (χ3v) is 4.76. The van der Waals surface area contributed by atoms with E-state index in [9.17, 15) is 5.11 Å². The average Bonchev–Trinajstić information content (AvgIpc) is 2.90. The predicted molar refractivity (Wildman–Crippen MR) is 82.1 cm³/mol. The maximum atomic E-state index is 10.4. The molecule has 3 atom stereocenters. The molecule has 2 fully saturated rings. The molecule has 4 heteroatoms. The minimum Gasteiger partial charge on any atom is -0.493 e. The number of nitrogens with zero attached hydrogens (tertiary/aromatic N) is 1. The minimum absolute atomic E-state index is 0.0607.